The molecule has 7 rings (SSSR count). The number of primary sulfonamides is 1. The third kappa shape index (κ3) is 8.12. The van der Waals surface area contributed by atoms with Crippen molar-refractivity contribution < 1.29 is 21.2 Å². The first kappa shape index (κ1) is 36.2. The molecule has 5 N–H and O–H groups in total. The van der Waals surface area contributed by atoms with E-state index in [9.17, 15) is 16.8 Å². The molecular formula is C33H38ClFN8O4S3. The fraction of sp³-hybridized carbons (Fsp3) is 0.333. The van der Waals surface area contributed by atoms with Crippen LogP contribution in [0.25, 0.3) is 22.2 Å². The van der Waals surface area contributed by atoms with Gasteiger partial charge >= 0.3 is 0 Å². The first-order valence-corrected chi connectivity index (χ1v) is 20.2. The highest BCUT2D eigenvalue weighted by atomic mass is 35.5. The molecule has 50 heavy (non-hydrogen) atoms. The number of thiophene rings is 1. The van der Waals surface area contributed by atoms with E-state index in [1.54, 1.807) is 24.3 Å². The van der Waals surface area contributed by atoms with Gasteiger partial charge in [0.1, 0.15) is 27.8 Å². The number of nitrogen functional groups attached to an aromatic ring is 1. The Morgan fingerprint density at radius 1 is 0.920 bits per heavy atom. The Balaban J connectivity index is 0.000000373. The SMILES string of the molecule is CN1CCN(C2CCC(n3cc(-c4ccc(NS(=O)(=O)c5ccc(Cl)s5)c(F)c4)c4c(N)ncnc43)CC2)CC1.NS(=O)(=O)c1ccccc1. The van der Waals surface area contributed by atoms with Crippen molar-refractivity contribution in [3.63, 3.8) is 0 Å². The zero-order valence-electron chi connectivity index (χ0n) is 27.2. The number of aromatic nitrogens is 3. The first-order chi connectivity index (χ1) is 23.8. The number of nitrogens with two attached hydrogens (primary N) is 2. The Morgan fingerprint density at radius 3 is 2.20 bits per heavy atom. The molecule has 1 aliphatic heterocycles. The minimum atomic E-state index is -3.97. The van der Waals surface area contributed by atoms with Gasteiger partial charge in [-0.25, -0.2) is 36.3 Å². The highest BCUT2D eigenvalue weighted by molar-refractivity contribution is 7.94. The lowest BCUT2D eigenvalue weighted by molar-refractivity contribution is 0.0828. The van der Waals surface area contributed by atoms with E-state index in [1.807, 2.05) is 6.20 Å². The number of nitrogens with one attached hydrogen (secondary N) is 1. The molecule has 4 heterocycles. The fourth-order valence-corrected chi connectivity index (χ4v) is 9.59. The van der Waals surface area contributed by atoms with Crippen molar-refractivity contribution in [2.24, 2.45) is 5.14 Å². The van der Waals surface area contributed by atoms with E-state index in [1.165, 1.54) is 42.7 Å². The van der Waals surface area contributed by atoms with Crippen LogP contribution in [0.5, 0.6) is 0 Å². The second-order valence-electron chi connectivity index (χ2n) is 12.4. The lowest BCUT2D eigenvalue weighted by atomic mass is 9.89. The maximum Gasteiger partial charge on any atom is 0.271 e. The van der Waals surface area contributed by atoms with E-state index >= 15 is 4.39 Å². The van der Waals surface area contributed by atoms with Crippen LogP contribution in [0.2, 0.25) is 4.34 Å². The molecule has 0 spiro atoms. The highest BCUT2D eigenvalue weighted by Gasteiger charge is 2.30. The molecule has 1 saturated heterocycles. The number of sulfonamides is 2. The lowest BCUT2D eigenvalue weighted by Gasteiger charge is -2.41. The van der Waals surface area contributed by atoms with Crippen molar-refractivity contribution >= 4 is 65.5 Å². The molecule has 17 heteroatoms. The Labute approximate surface area is 300 Å². The summed E-state index contributed by atoms with van der Waals surface area (Å²) in [7, 11) is -5.29. The van der Waals surface area contributed by atoms with Crippen LogP contribution < -0.4 is 15.6 Å². The van der Waals surface area contributed by atoms with Crippen molar-refractivity contribution in [2.75, 3.05) is 43.7 Å². The third-order valence-corrected chi connectivity index (χ3v) is 13.2. The molecule has 1 aliphatic carbocycles. The number of piperazine rings is 1. The largest absolute Gasteiger partial charge is 0.383 e. The summed E-state index contributed by atoms with van der Waals surface area (Å²) < 4.78 is 66.7. The Morgan fingerprint density at radius 2 is 1.60 bits per heavy atom. The number of rotatable bonds is 7. The molecule has 3 aromatic heterocycles. The van der Waals surface area contributed by atoms with Crippen LogP contribution in [-0.4, -0.2) is 80.4 Å². The summed E-state index contributed by atoms with van der Waals surface area (Å²) in [5.41, 5.74) is 8.17. The number of hydrogen-bond acceptors (Lipinski definition) is 10. The van der Waals surface area contributed by atoms with Crippen LogP contribution in [0.3, 0.4) is 0 Å². The molecule has 266 valence electrons. The monoisotopic (exact) mass is 760 g/mol. The number of hydrogen-bond donors (Lipinski definition) is 3. The average Bonchev–Trinajstić information content (AvgIpc) is 3.72. The van der Waals surface area contributed by atoms with Gasteiger partial charge in [-0.15, -0.1) is 11.3 Å². The summed E-state index contributed by atoms with van der Waals surface area (Å²) in [6.45, 7) is 4.46. The Hall–Kier alpha value is -3.64. The average molecular weight is 761 g/mol. The van der Waals surface area contributed by atoms with Crippen LogP contribution in [0.4, 0.5) is 15.9 Å². The highest BCUT2D eigenvalue weighted by Crippen LogP contribution is 2.40. The number of likely N-dealkylation sites (N-methyl/N-ethyl adjacent to an activating group) is 1. The van der Waals surface area contributed by atoms with Crippen LogP contribution in [0, 0.1) is 5.82 Å². The van der Waals surface area contributed by atoms with Crippen LogP contribution in [-0.2, 0) is 20.0 Å². The molecule has 2 aliphatic rings. The van der Waals surface area contributed by atoms with Gasteiger partial charge in [0.25, 0.3) is 10.0 Å². The van der Waals surface area contributed by atoms with Gasteiger partial charge in [-0.05, 0) is 74.7 Å². The number of fused-ring (bicyclic) bond motifs is 1. The molecule has 12 nitrogen and oxygen atoms in total. The summed E-state index contributed by atoms with van der Waals surface area (Å²) in [6.07, 6.45) is 7.72. The van der Waals surface area contributed by atoms with Crippen molar-refractivity contribution in [2.45, 2.75) is 46.9 Å². The zero-order chi connectivity index (χ0) is 35.6. The van der Waals surface area contributed by atoms with Crippen LogP contribution >= 0.6 is 22.9 Å². The standard InChI is InChI=1S/C27H31ClFN7O2S2.C6H7NO2S/c1-34-10-12-35(13-11-34)18-3-5-19(6-4-18)36-15-20(25-26(30)31-16-32-27(25)36)17-2-7-22(21(29)14-17)33-40(37,38)24-9-8-23(28)39-24;7-10(8,9)6-4-2-1-3-5-6/h2,7-9,14-16,18-19,33H,3-6,10-13H2,1H3,(H2,30,31,32);1-5H,(H2,7,8,9). The van der Waals surface area contributed by atoms with E-state index in [0.717, 1.165) is 68.8 Å². The van der Waals surface area contributed by atoms with E-state index in [0.29, 0.717) is 32.7 Å². The number of halogens is 2. The predicted molar refractivity (Wildman–Crippen MR) is 196 cm³/mol. The number of benzene rings is 2. The lowest BCUT2D eigenvalue weighted by Crippen LogP contribution is -2.49. The fourth-order valence-electron chi connectivity index (χ4n) is 6.51. The molecule has 0 unspecified atom stereocenters. The van der Waals surface area contributed by atoms with Crippen LogP contribution in [0.15, 0.2) is 82.3 Å². The van der Waals surface area contributed by atoms with Gasteiger partial charge in [-0.1, -0.05) is 35.9 Å². The van der Waals surface area contributed by atoms with E-state index in [-0.39, 0.29) is 20.8 Å². The summed E-state index contributed by atoms with van der Waals surface area (Å²) in [6, 6.07) is 16.0. The van der Waals surface area contributed by atoms with Crippen LogP contribution in [0.1, 0.15) is 31.7 Å². The topological polar surface area (TPSA) is 170 Å². The molecule has 0 radical (unpaired) electrons. The van der Waals surface area contributed by atoms with Crippen molar-refractivity contribution in [1.82, 2.24) is 24.3 Å². The summed E-state index contributed by atoms with van der Waals surface area (Å²) >= 11 is 6.79. The predicted octanol–water partition coefficient (Wildman–Crippen LogP) is 5.40. The van der Waals surface area contributed by atoms with Crippen molar-refractivity contribution in [3.8, 4) is 11.1 Å². The second kappa shape index (κ2) is 14.9. The smallest absolute Gasteiger partial charge is 0.271 e. The number of anilines is 2. The summed E-state index contributed by atoms with van der Waals surface area (Å²) in [5.74, 6) is -0.377. The van der Waals surface area contributed by atoms with Crippen molar-refractivity contribution in [3.05, 3.63) is 83.3 Å². The minimum absolute atomic E-state index is 0.0105. The Bertz CT molecular complexity index is 2180. The molecule has 0 atom stereocenters. The molecule has 0 amide bonds. The van der Waals surface area contributed by atoms with Gasteiger partial charge in [0.15, 0.2) is 0 Å². The molecule has 0 bridgehead atoms. The van der Waals surface area contributed by atoms with E-state index in [2.05, 4.69) is 36.1 Å². The van der Waals surface area contributed by atoms with Gasteiger partial charge in [0, 0.05) is 50.0 Å². The maximum atomic E-state index is 15.3. The van der Waals surface area contributed by atoms with E-state index in [4.69, 9.17) is 22.5 Å². The molecular weight excluding hydrogens is 723 g/mol. The molecule has 2 fully saturated rings. The molecule has 2 aromatic carbocycles. The van der Waals surface area contributed by atoms with Gasteiger partial charge < -0.3 is 15.2 Å². The normalized spacial score (nSPS) is 19.2. The van der Waals surface area contributed by atoms with E-state index < -0.39 is 25.9 Å². The van der Waals surface area contributed by atoms with Crippen molar-refractivity contribution in [1.29, 1.82) is 0 Å². The minimum Gasteiger partial charge on any atom is -0.383 e. The Kier molecular flexibility index (Phi) is 10.8. The molecule has 5 aromatic rings. The number of nitrogens with zero attached hydrogens (tertiary/aromatic N) is 5. The molecule has 1 saturated carbocycles. The maximum absolute atomic E-state index is 15.3. The van der Waals surface area contributed by atoms with Gasteiger partial charge in [-0.2, -0.15) is 0 Å². The zero-order valence-corrected chi connectivity index (χ0v) is 30.4. The third-order valence-electron chi connectivity index (χ3n) is 9.16. The van der Waals surface area contributed by atoms with Gasteiger partial charge in [-0.3, -0.25) is 9.62 Å². The summed E-state index contributed by atoms with van der Waals surface area (Å²) in [5, 5.41) is 5.50. The first-order valence-electron chi connectivity index (χ1n) is 16.0. The second-order valence-corrected chi connectivity index (χ2v) is 17.6. The van der Waals surface area contributed by atoms with Gasteiger partial charge in [0.05, 0.1) is 20.3 Å². The quantitative estimate of drug-likeness (QED) is 0.197. The summed E-state index contributed by atoms with van der Waals surface area (Å²) in [4.78, 5) is 13.9. The van der Waals surface area contributed by atoms with Gasteiger partial charge in [0.2, 0.25) is 10.0 Å².